The Labute approximate surface area is 227 Å². The zero-order valence-electron chi connectivity index (χ0n) is 22.3. The van der Waals surface area contributed by atoms with E-state index in [4.69, 9.17) is 9.72 Å². The Bertz CT molecular complexity index is 2000. The van der Waals surface area contributed by atoms with E-state index < -0.39 is 6.09 Å². The van der Waals surface area contributed by atoms with Gasteiger partial charge >= 0.3 is 11.8 Å². The molecule has 0 unspecified atom stereocenters. The number of alkyl carbamates (subject to hydrolysis) is 1. The zero-order valence-corrected chi connectivity index (χ0v) is 22.3. The Morgan fingerprint density at radius 1 is 1.05 bits per heavy atom. The summed E-state index contributed by atoms with van der Waals surface area (Å²) in [7, 11) is 5.14. The Morgan fingerprint density at radius 2 is 1.90 bits per heavy atom. The number of carbonyl (C=O) groups is 1. The minimum absolute atomic E-state index is 0.0958. The fourth-order valence-corrected chi connectivity index (χ4v) is 6.05. The molecule has 0 saturated heterocycles. The number of benzene rings is 1. The van der Waals surface area contributed by atoms with Crippen molar-refractivity contribution >= 4 is 38.9 Å². The van der Waals surface area contributed by atoms with Crippen molar-refractivity contribution in [1.29, 1.82) is 0 Å². The lowest BCUT2D eigenvalue weighted by molar-refractivity contribution is 0.166. The van der Waals surface area contributed by atoms with Crippen LogP contribution in [0, 0.1) is 0 Å². The van der Waals surface area contributed by atoms with Crippen LogP contribution in [-0.2, 0) is 18.8 Å². The number of nitrogens with zero attached hydrogens (tertiary/aromatic N) is 7. The molecule has 0 radical (unpaired) electrons. The number of pyridine rings is 1. The van der Waals surface area contributed by atoms with E-state index in [2.05, 4.69) is 43.7 Å². The van der Waals surface area contributed by atoms with Gasteiger partial charge in [-0.1, -0.05) is 6.07 Å². The SMILES string of the molecule is COC(=O)N[C@@H]1CC[C@@H](n2c(=O)ncc3cnc4[nH]c(-c5cnn(C)c5)c(-c5ccc6c(cnn6C)c5)c4c32)C1. The highest BCUT2D eigenvalue weighted by atomic mass is 16.5. The Kier molecular flexibility index (Phi) is 5.44. The van der Waals surface area contributed by atoms with Gasteiger partial charge in [0.25, 0.3) is 0 Å². The maximum atomic E-state index is 13.4. The minimum Gasteiger partial charge on any atom is -0.453 e. The molecule has 40 heavy (non-hydrogen) atoms. The van der Waals surface area contributed by atoms with Crippen LogP contribution in [0.5, 0.6) is 0 Å². The normalized spacial score (nSPS) is 17.3. The van der Waals surface area contributed by atoms with Gasteiger partial charge in [-0.2, -0.15) is 10.2 Å². The summed E-state index contributed by atoms with van der Waals surface area (Å²) in [5, 5.41) is 14.3. The zero-order chi connectivity index (χ0) is 27.5. The molecule has 1 fully saturated rings. The lowest BCUT2D eigenvalue weighted by Gasteiger charge is -2.18. The summed E-state index contributed by atoms with van der Waals surface area (Å²) >= 11 is 0. The van der Waals surface area contributed by atoms with Crippen molar-refractivity contribution in [2.24, 2.45) is 14.1 Å². The van der Waals surface area contributed by atoms with E-state index in [0.29, 0.717) is 12.1 Å². The standard InChI is InChI=1S/C28H27N9O3/c1-35-14-18(13-31-35)24-22(15-4-7-21-16(8-15)12-32-36(21)2)23-25-17(10-29-26(23)34-24)11-30-27(38)37(25)20-6-5-19(9-20)33-28(39)40-3/h4,7-8,10-14,19-20H,5-6,9H2,1-3H3,(H,29,34)(H,33,39)/t19-,20-/m1/s1. The van der Waals surface area contributed by atoms with Crippen LogP contribution in [0.25, 0.3) is 55.2 Å². The first-order valence-corrected chi connectivity index (χ1v) is 13.1. The van der Waals surface area contributed by atoms with Crippen molar-refractivity contribution in [1.82, 2.24) is 44.4 Å². The predicted molar refractivity (Wildman–Crippen MR) is 150 cm³/mol. The third-order valence-electron chi connectivity index (χ3n) is 7.89. The second kappa shape index (κ2) is 9.04. The van der Waals surface area contributed by atoms with Gasteiger partial charge in [-0.15, -0.1) is 0 Å². The lowest BCUT2D eigenvalue weighted by Crippen LogP contribution is -2.33. The van der Waals surface area contributed by atoms with Crippen LogP contribution in [-0.4, -0.2) is 58.3 Å². The Morgan fingerprint density at radius 3 is 2.70 bits per heavy atom. The van der Waals surface area contributed by atoms with Crippen molar-refractivity contribution in [2.45, 2.75) is 31.3 Å². The topological polar surface area (TPSA) is 138 Å². The second-order valence-electron chi connectivity index (χ2n) is 10.3. The highest BCUT2D eigenvalue weighted by molar-refractivity contribution is 6.15. The van der Waals surface area contributed by atoms with Gasteiger partial charge in [-0.25, -0.2) is 19.6 Å². The first-order valence-electron chi connectivity index (χ1n) is 13.1. The first-order chi connectivity index (χ1) is 19.4. The smallest absolute Gasteiger partial charge is 0.407 e. The molecule has 1 saturated carbocycles. The average Bonchev–Trinajstić information content (AvgIpc) is 3.74. The van der Waals surface area contributed by atoms with E-state index in [0.717, 1.165) is 62.4 Å². The molecule has 5 heterocycles. The molecule has 1 aliphatic rings. The van der Waals surface area contributed by atoms with Crippen molar-refractivity contribution in [3.05, 3.63) is 59.7 Å². The summed E-state index contributed by atoms with van der Waals surface area (Å²) in [5.41, 5.74) is 5.77. The van der Waals surface area contributed by atoms with E-state index in [1.807, 2.05) is 37.4 Å². The number of H-pyrrole nitrogens is 1. The largest absolute Gasteiger partial charge is 0.453 e. The third-order valence-corrected chi connectivity index (χ3v) is 7.89. The molecule has 0 aliphatic heterocycles. The number of ether oxygens (including phenoxy) is 1. The molecular formula is C28H27N9O3. The number of hydrogen-bond donors (Lipinski definition) is 2. The highest BCUT2D eigenvalue weighted by Gasteiger charge is 2.31. The molecule has 6 aromatic rings. The summed E-state index contributed by atoms with van der Waals surface area (Å²) in [4.78, 5) is 37.8. The highest BCUT2D eigenvalue weighted by Crippen LogP contribution is 2.42. The minimum atomic E-state index is -0.472. The fourth-order valence-electron chi connectivity index (χ4n) is 6.05. The number of fused-ring (bicyclic) bond motifs is 4. The number of hydrogen-bond acceptors (Lipinski definition) is 7. The van der Waals surface area contributed by atoms with Crippen LogP contribution in [0.3, 0.4) is 0 Å². The summed E-state index contributed by atoms with van der Waals surface area (Å²) in [6, 6.07) is 5.99. The van der Waals surface area contributed by atoms with Crippen molar-refractivity contribution in [2.75, 3.05) is 7.11 Å². The number of aromatic amines is 1. The quantitative estimate of drug-likeness (QED) is 0.350. The van der Waals surface area contributed by atoms with E-state index in [1.165, 1.54) is 7.11 Å². The van der Waals surface area contributed by atoms with Gasteiger partial charge in [-0.3, -0.25) is 13.9 Å². The van der Waals surface area contributed by atoms with Gasteiger partial charge in [0.2, 0.25) is 0 Å². The molecule has 2 atom stereocenters. The van der Waals surface area contributed by atoms with Crippen molar-refractivity contribution in [3.8, 4) is 22.4 Å². The number of amides is 1. The number of aryl methyl sites for hydroxylation is 2. The van der Waals surface area contributed by atoms with Crippen LogP contribution >= 0.6 is 0 Å². The Hall–Kier alpha value is -5.00. The van der Waals surface area contributed by atoms with Crippen LogP contribution in [0.4, 0.5) is 4.79 Å². The Balaban J connectivity index is 1.51. The third kappa shape index (κ3) is 3.74. The monoisotopic (exact) mass is 537 g/mol. The van der Waals surface area contributed by atoms with Gasteiger partial charge in [0.1, 0.15) is 5.65 Å². The van der Waals surface area contributed by atoms with Crippen LogP contribution in [0.1, 0.15) is 25.3 Å². The molecule has 2 N–H and O–H groups in total. The van der Waals surface area contributed by atoms with Crippen LogP contribution < -0.4 is 11.0 Å². The van der Waals surface area contributed by atoms with E-state index in [-0.39, 0.29) is 17.8 Å². The lowest BCUT2D eigenvalue weighted by atomic mass is 9.98. The maximum absolute atomic E-state index is 13.4. The molecule has 1 amide bonds. The number of methoxy groups -OCH3 is 1. The molecule has 1 aliphatic carbocycles. The van der Waals surface area contributed by atoms with Crippen molar-refractivity contribution < 1.29 is 9.53 Å². The second-order valence-corrected chi connectivity index (χ2v) is 10.3. The van der Waals surface area contributed by atoms with Crippen LogP contribution in [0.2, 0.25) is 0 Å². The summed E-state index contributed by atoms with van der Waals surface area (Å²) in [5.74, 6) is 0. The average molecular weight is 538 g/mol. The van der Waals surface area contributed by atoms with E-state index >= 15 is 0 Å². The molecule has 0 spiro atoms. The first kappa shape index (κ1) is 24.1. The van der Waals surface area contributed by atoms with Gasteiger partial charge in [0.15, 0.2) is 0 Å². The fraction of sp³-hybridized carbons (Fsp3) is 0.286. The molecule has 5 aromatic heterocycles. The number of carbonyl (C=O) groups excluding carboxylic acids is 1. The summed E-state index contributed by atoms with van der Waals surface area (Å²) in [6.07, 6.45) is 10.5. The molecule has 12 heteroatoms. The molecular weight excluding hydrogens is 510 g/mol. The van der Waals surface area contributed by atoms with E-state index in [1.54, 1.807) is 21.6 Å². The molecule has 1 aromatic carbocycles. The molecule has 12 nitrogen and oxygen atoms in total. The molecule has 0 bridgehead atoms. The predicted octanol–water partition coefficient (Wildman–Crippen LogP) is 3.68. The van der Waals surface area contributed by atoms with E-state index in [9.17, 15) is 9.59 Å². The molecule has 202 valence electrons. The molecule has 7 rings (SSSR count). The number of rotatable bonds is 4. The number of aromatic nitrogens is 8. The number of nitrogens with one attached hydrogen (secondary N) is 2. The van der Waals surface area contributed by atoms with Crippen molar-refractivity contribution in [3.63, 3.8) is 0 Å². The summed E-state index contributed by atoms with van der Waals surface area (Å²) in [6.45, 7) is 0. The van der Waals surface area contributed by atoms with Gasteiger partial charge in [0.05, 0.1) is 41.6 Å². The van der Waals surface area contributed by atoms with Gasteiger partial charge in [-0.05, 0) is 37.0 Å². The van der Waals surface area contributed by atoms with Gasteiger partial charge in [0, 0.05) is 66.7 Å². The maximum Gasteiger partial charge on any atom is 0.407 e. The summed E-state index contributed by atoms with van der Waals surface area (Å²) < 4.78 is 10.2. The van der Waals surface area contributed by atoms with Gasteiger partial charge < -0.3 is 15.0 Å². The van der Waals surface area contributed by atoms with Crippen LogP contribution in [0.15, 0.2) is 54.0 Å².